The van der Waals surface area contributed by atoms with Crippen LogP contribution in [-0.2, 0) is 16.0 Å². The molecule has 0 bridgehead atoms. The molecular weight excluding hydrogens is 312 g/mol. The van der Waals surface area contributed by atoms with Crippen molar-refractivity contribution in [2.24, 2.45) is 0 Å². The predicted molar refractivity (Wildman–Crippen MR) is 92.6 cm³/mol. The lowest BCUT2D eigenvalue weighted by Crippen LogP contribution is -2.49. The molecule has 1 fully saturated rings. The Labute approximate surface area is 141 Å². The van der Waals surface area contributed by atoms with Crippen LogP contribution in [0.1, 0.15) is 25.8 Å². The lowest BCUT2D eigenvalue weighted by atomic mass is 10.1. The number of carbonyl (C=O) groups excluding carboxylic acids is 2. The van der Waals surface area contributed by atoms with Gasteiger partial charge in [0.1, 0.15) is 11.8 Å². The van der Waals surface area contributed by atoms with Gasteiger partial charge in [-0.3, -0.25) is 9.59 Å². The zero-order chi connectivity index (χ0) is 16.8. The molecule has 1 aliphatic rings. The van der Waals surface area contributed by atoms with E-state index in [9.17, 15) is 9.59 Å². The van der Waals surface area contributed by atoms with E-state index in [2.05, 4.69) is 5.32 Å². The first kappa shape index (κ1) is 17.7. The van der Waals surface area contributed by atoms with Gasteiger partial charge in [0.05, 0.1) is 19.4 Å². The Balaban J connectivity index is 1.98. The minimum Gasteiger partial charge on any atom is -0.497 e. The molecule has 23 heavy (non-hydrogen) atoms. The molecule has 1 aliphatic heterocycles. The number of nitrogens with one attached hydrogen (secondary N) is 1. The van der Waals surface area contributed by atoms with E-state index in [4.69, 9.17) is 4.74 Å². The number of benzene rings is 1. The van der Waals surface area contributed by atoms with E-state index < -0.39 is 0 Å². The maximum atomic E-state index is 12.5. The lowest BCUT2D eigenvalue weighted by molar-refractivity contribution is -0.137. The van der Waals surface area contributed by atoms with Crippen LogP contribution in [0.4, 0.5) is 0 Å². The van der Waals surface area contributed by atoms with Crippen LogP contribution < -0.4 is 10.1 Å². The second-order valence-corrected chi connectivity index (χ2v) is 6.72. The van der Waals surface area contributed by atoms with Gasteiger partial charge in [-0.15, -0.1) is 11.8 Å². The third-order valence-corrected chi connectivity index (χ3v) is 5.03. The number of carbonyl (C=O) groups is 2. The van der Waals surface area contributed by atoms with Crippen LogP contribution in [0.2, 0.25) is 0 Å². The second kappa shape index (κ2) is 8.24. The molecule has 0 saturated carbocycles. The van der Waals surface area contributed by atoms with Crippen molar-refractivity contribution in [1.82, 2.24) is 10.2 Å². The second-order valence-electron chi connectivity index (χ2n) is 5.72. The molecule has 1 saturated heterocycles. The number of nitrogens with zero attached hydrogens (tertiary/aromatic N) is 1. The molecule has 1 aromatic carbocycles. The Bertz CT molecular complexity index is 547. The zero-order valence-electron chi connectivity index (χ0n) is 13.9. The van der Waals surface area contributed by atoms with Crippen LogP contribution in [0.3, 0.4) is 0 Å². The number of methoxy groups -OCH3 is 1. The van der Waals surface area contributed by atoms with Crippen molar-refractivity contribution in [2.45, 2.75) is 38.8 Å². The molecule has 2 amide bonds. The predicted octanol–water partition coefficient (Wildman–Crippen LogP) is 2.05. The van der Waals surface area contributed by atoms with Crippen LogP contribution in [-0.4, -0.2) is 47.5 Å². The number of hydrogen-bond donors (Lipinski definition) is 1. The van der Waals surface area contributed by atoms with Gasteiger partial charge in [0.25, 0.3) is 0 Å². The highest BCUT2D eigenvalue weighted by Gasteiger charge is 2.34. The fourth-order valence-corrected chi connectivity index (χ4v) is 3.55. The maximum Gasteiger partial charge on any atom is 0.243 e. The number of thioether (sulfide) groups is 1. The SMILES string of the molecule is CC[C@H](C)NC(=O)[C@H]1CSCN1C(=O)Cc1ccc(OC)cc1. The van der Waals surface area contributed by atoms with Crippen molar-refractivity contribution < 1.29 is 14.3 Å². The molecule has 6 heteroatoms. The van der Waals surface area contributed by atoms with Gasteiger partial charge in [-0.1, -0.05) is 19.1 Å². The lowest BCUT2D eigenvalue weighted by Gasteiger charge is -2.24. The highest BCUT2D eigenvalue weighted by molar-refractivity contribution is 7.99. The van der Waals surface area contributed by atoms with Gasteiger partial charge in [-0.25, -0.2) is 0 Å². The number of rotatable bonds is 6. The molecule has 0 aliphatic carbocycles. The van der Waals surface area contributed by atoms with Gasteiger partial charge in [0.15, 0.2) is 0 Å². The van der Waals surface area contributed by atoms with Crippen molar-refractivity contribution >= 4 is 23.6 Å². The number of hydrogen-bond acceptors (Lipinski definition) is 4. The van der Waals surface area contributed by atoms with E-state index in [1.165, 1.54) is 0 Å². The fourth-order valence-electron chi connectivity index (χ4n) is 2.37. The Morgan fingerprint density at radius 2 is 2.09 bits per heavy atom. The minimum absolute atomic E-state index is 0.00975. The van der Waals surface area contributed by atoms with Crippen LogP contribution in [0.5, 0.6) is 5.75 Å². The largest absolute Gasteiger partial charge is 0.497 e. The van der Waals surface area contributed by atoms with Crippen molar-refractivity contribution in [3.63, 3.8) is 0 Å². The summed E-state index contributed by atoms with van der Waals surface area (Å²) in [6.45, 7) is 4.00. The van der Waals surface area contributed by atoms with Crippen molar-refractivity contribution in [3.8, 4) is 5.75 Å². The van der Waals surface area contributed by atoms with Crippen molar-refractivity contribution in [1.29, 1.82) is 0 Å². The van der Waals surface area contributed by atoms with Gasteiger partial charge in [-0.05, 0) is 31.0 Å². The summed E-state index contributed by atoms with van der Waals surface area (Å²) in [7, 11) is 1.61. The Kier molecular flexibility index (Phi) is 6.33. The zero-order valence-corrected chi connectivity index (χ0v) is 14.7. The third-order valence-electron chi connectivity index (χ3n) is 4.02. The molecule has 126 valence electrons. The van der Waals surface area contributed by atoms with Gasteiger partial charge >= 0.3 is 0 Å². The number of amides is 2. The van der Waals surface area contributed by atoms with Gasteiger partial charge in [-0.2, -0.15) is 0 Å². The van der Waals surface area contributed by atoms with Crippen LogP contribution in [0.15, 0.2) is 24.3 Å². The Hall–Kier alpha value is -1.69. The number of ether oxygens (including phenoxy) is 1. The Morgan fingerprint density at radius 1 is 1.39 bits per heavy atom. The molecule has 0 aromatic heterocycles. The first-order valence-corrected chi connectivity index (χ1v) is 9.01. The molecular formula is C17H24N2O3S. The topological polar surface area (TPSA) is 58.6 Å². The van der Waals surface area contributed by atoms with Gasteiger partial charge in [0, 0.05) is 11.8 Å². The molecule has 1 N–H and O–H groups in total. The van der Waals surface area contributed by atoms with E-state index in [0.29, 0.717) is 18.1 Å². The summed E-state index contributed by atoms with van der Waals surface area (Å²) < 4.78 is 5.12. The van der Waals surface area contributed by atoms with Crippen LogP contribution >= 0.6 is 11.8 Å². The molecule has 2 atom stereocenters. The van der Waals surface area contributed by atoms with Crippen LogP contribution in [0.25, 0.3) is 0 Å². The monoisotopic (exact) mass is 336 g/mol. The van der Waals surface area contributed by atoms with E-state index >= 15 is 0 Å². The average Bonchev–Trinajstić information content (AvgIpc) is 3.05. The average molecular weight is 336 g/mol. The van der Waals surface area contributed by atoms with E-state index in [1.807, 2.05) is 38.1 Å². The summed E-state index contributed by atoms with van der Waals surface area (Å²) in [5.41, 5.74) is 0.925. The smallest absolute Gasteiger partial charge is 0.243 e. The first-order valence-electron chi connectivity index (χ1n) is 7.85. The Morgan fingerprint density at radius 3 is 2.70 bits per heavy atom. The summed E-state index contributed by atoms with van der Waals surface area (Å²) in [6.07, 6.45) is 1.18. The fraction of sp³-hybridized carbons (Fsp3) is 0.529. The summed E-state index contributed by atoms with van der Waals surface area (Å²) in [5.74, 6) is 1.95. The van der Waals surface area contributed by atoms with E-state index in [1.54, 1.807) is 23.8 Å². The van der Waals surface area contributed by atoms with Gasteiger partial charge < -0.3 is 15.0 Å². The third kappa shape index (κ3) is 4.64. The normalized spacial score (nSPS) is 18.6. The van der Waals surface area contributed by atoms with Crippen molar-refractivity contribution in [2.75, 3.05) is 18.7 Å². The molecule has 0 spiro atoms. The molecule has 5 nitrogen and oxygen atoms in total. The minimum atomic E-state index is -0.361. The summed E-state index contributed by atoms with van der Waals surface area (Å²) in [5, 5.41) is 2.97. The standard InChI is InChI=1S/C17H24N2O3S/c1-4-12(2)18-17(21)15-10-23-11-19(15)16(20)9-13-5-7-14(22-3)8-6-13/h5-8,12,15H,4,9-11H2,1-3H3,(H,18,21)/t12-,15+/m0/s1. The molecule has 1 aromatic rings. The van der Waals surface area contributed by atoms with Gasteiger partial charge in [0.2, 0.25) is 11.8 Å². The molecule has 2 rings (SSSR count). The van der Waals surface area contributed by atoms with E-state index in [-0.39, 0.29) is 23.9 Å². The summed E-state index contributed by atoms with van der Waals surface area (Å²) in [6, 6.07) is 7.22. The summed E-state index contributed by atoms with van der Waals surface area (Å²) >= 11 is 1.62. The highest BCUT2D eigenvalue weighted by Crippen LogP contribution is 2.23. The molecule has 0 radical (unpaired) electrons. The van der Waals surface area contributed by atoms with E-state index in [0.717, 1.165) is 17.7 Å². The highest BCUT2D eigenvalue weighted by atomic mass is 32.2. The maximum absolute atomic E-state index is 12.5. The van der Waals surface area contributed by atoms with Crippen molar-refractivity contribution in [3.05, 3.63) is 29.8 Å². The van der Waals surface area contributed by atoms with Crippen LogP contribution in [0, 0.1) is 0 Å². The quantitative estimate of drug-likeness (QED) is 0.864. The summed E-state index contributed by atoms with van der Waals surface area (Å²) in [4.78, 5) is 26.6. The first-order chi connectivity index (χ1) is 11.0. The molecule has 1 heterocycles. The molecule has 0 unspecified atom stereocenters.